The van der Waals surface area contributed by atoms with Crippen LogP contribution in [0.15, 0.2) is 42.7 Å². The van der Waals surface area contributed by atoms with Crippen molar-refractivity contribution in [1.82, 2.24) is 9.97 Å². The smallest absolute Gasteiger partial charge is 0.368 e. The third-order valence-corrected chi connectivity index (χ3v) is 4.46. The van der Waals surface area contributed by atoms with Gasteiger partial charge in [-0.2, -0.15) is 13.2 Å². The third kappa shape index (κ3) is 3.80. The molecule has 3 aromatic rings. The molecule has 1 amide bonds. The zero-order valence-electron chi connectivity index (χ0n) is 12.8. The summed E-state index contributed by atoms with van der Waals surface area (Å²) in [5.41, 5.74) is 4.42. The van der Waals surface area contributed by atoms with Crippen molar-refractivity contribution in [2.24, 2.45) is 0 Å². The first-order chi connectivity index (χ1) is 12.2. The van der Waals surface area contributed by atoms with Gasteiger partial charge in [0.2, 0.25) is 5.95 Å². The molecule has 5 nitrogen and oxygen atoms in total. The normalized spacial score (nSPS) is 11.4. The van der Waals surface area contributed by atoms with Crippen LogP contribution in [0.25, 0.3) is 10.4 Å². The highest BCUT2D eigenvalue weighted by Gasteiger charge is 2.31. The van der Waals surface area contributed by atoms with Crippen molar-refractivity contribution < 1.29 is 22.4 Å². The second-order valence-electron chi connectivity index (χ2n) is 5.14. The molecule has 2 heterocycles. The van der Waals surface area contributed by atoms with E-state index in [1.165, 1.54) is 18.5 Å². The number of thiophene rings is 1. The minimum absolute atomic E-state index is 0.100. The fraction of sp³-hybridized carbons (Fsp3) is 0.0625. The number of carbonyl (C=O) groups is 1. The minimum atomic E-state index is -4.64. The predicted octanol–water partition coefficient (Wildman–Crippen LogP) is 4.20. The summed E-state index contributed by atoms with van der Waals surface area (Å²) in [5.74, 6) is -1.59. The summed E-state index contributed by atoms with van der Waals surface area (Å²) < 4.78 is 51.9. The highest BCUT2D eigenvalue weighted by Crippen LogP contribution is 2.32. The quantitative estimate of drug-likeness (QED) is 0.666. The molecule has 134 valence electrons. The standard InChI is InChI=1S/C16H10F4N4OS/c17-10-2-1-9(16(18,19)20)5-11(10)24-14(25)13-4-3-12(26-13)8-6-22-15(21)23-7-8/h1-7H,(H,24,25)(H2,21,22,23). The third-order valence-electron chi connectivity index (χ3n) is 3.33. The molecule has 0 unspecified atom stereocenters. The summed E-state index contributed by atoms with van der Waals surface area (Å²) >= 11 is 1.06. The van der Waals surface area contributed by atoms with Gasteiger partial charge in [0.15, 0.2) is 0 Å². The van der Waals surface area contributed by atoms with Crippen LogP contribution in [0.2, 0.25) is 0 Å². The lowest BCUT2D eigenvalue weighted by Gasteiger charge is -2.10. The van der Waals surface area contributed by atoms with Crippen molar-refractivity contribution >= 4 is 28.9 Å². The molecule has 0 saturated heterocycles. The number of anilines is 2. The van der Waals surface area contributed by atoms with E-state index in [-0.39, 0.29) is 10.8 Å². The number of hydrogen-bond acceptors (Lipinski definition) is 5. The van der Waals surface area contributed by atoms with Crippen molar-refractivity contribution in [1.29, 1.82) is 0 Å². The highest BCUT2D eigenvalue weighted by molar-refractivity contribution is 7.17. The van der Waals surface area contributed by atoms with E-state index in [0.717, 1.165) is 11.3 Å². The Balaban J connectivity index is 1.82. The summed E-state index contributed by atoms with van der Waals surface area (Å²) in [6, 6.07) is 4.91. The number of aromatic nitrogens is 2. The van der Waals surface area contributed by atoms with E-state index in [1.807, 2.05) is 0 Å². The summed E-state index contributed by atoms with van der Waals surface area (Å²) in [6.45, 7) is 0. The van der Waals surface area contributed by atoms with Gasteiger partial charge in [0.05, 0.1) is 16.1 Å². The van der Waals surface area contributed by atoms with E-state index in [2.05, 4.69) is 15.3 Å². The lowest BCUT2D eigenvalue weighted by molar-refractivity contribution is -0.137. The van der Waals surface area contributed by atoms with E-state index in [1.54, 1.807) is 6.07 Å². The summed E-state index contributed by atoms with van der Waals surface area (Å²) in [7, 11) is 0. The number of nitrogen functional groups attached to an aromatic ring is 1. The molecule has 0 saturated carbocycles. The molecule has 0 fully saturated rings. The van der Waals surface area contributed by atoms with Gasteiger partial charge in [-0.15, -0.1) is 11.3 Å². The van der Waals surface area contributed by atoms with Gasteiger partial charge < -0.3 is 11.1 Å². The van der Waals surface area contributed by atoms with Gasteiger partial charge in [-0.3, -0.25) is 4.79 Å². The van der Waals surface area contributed by atoms with E-state index < -0.39 is 29.2 Å². The fourth-order valence-electron chi connectivity index (χ4n) is 2.06. The molecule has 0 bridgehead atoms. The zero-order chi connectivity index (χ0) is 18.9. The Hall–Kier alpha value is -3.01. The molecular formula is C16H10F4N4OS. The molecule has 0 radical (unpaired) electrons. The number of hydrogen-bond donors (Lipinski definition) is 2. The molecular weight excluding hydrogens is 372 g/mol. The largest absolute Gasteiger partial charge is 0.416 e. The highest BCUT2D eigenvalue weighted by atomic mass is 32.1. The second kappa shape index (κ2) is 6.71. The van der Waals surface area contributed by atoms with Crippen LogP contribution in [0.3, 0.4) is 0 Å². The monoisotopic (exact) mass is 382 g/mol. The molecule has 2 aromatic heterocycles. The number of benzene rings is 1. The van der Waals surface area contributed by atoms with E-state index in [0.29, 0.717) is 28.6 Å². The van der Waals surface area contributed by atoms with Gasteiger partial charge >= 0.3 is 6.18 Å². The van der Waals surface area contributed by atoms with E-state index >= 15 is 0 Å². The van der Waals surface area contributed by atoms with Crippen LogP contribution in [0.1, 0.15) is 15.2 Å². The molecule has 10 heteroatoms. The average molecular weight is 382 g/mol. The molecule has 0 aliphatic heterocycles. The van der Waals surface area contributed by atoms with E-state index in [4.69, 9.17) is 5.73 Å². The lowest BCUT2D eigenvalue weighted by Crippen LogP contribution is -2.13. The van der Waals surface area contributed by atoms with Crippen molar-refractivity contribution in [3.63, 3.8) is 0 Å². The van der Waals surface area contributed by atoms with Crippen molar-refractivity contribution in [2.75, 3.05) is 11.1 Å². The topological polar surface area (TPSA) is 80.9 Å². The van der Waals surface area contributed by atoms with Crippen molar-refractivity contribution in [2.45, 2.75) is 6.18 Å². The Bertz CT molecular complexity index is 954. The Kier molecular flexibility index (Phi) is 4.60. The van der Waals surface area contributed by atoms with Crippen LogP contribution >= 0.6 is 11.3 Å². The van der Waals surface area contributed by atoms with Crippen LogP contribution in [0.5, 0.6) is 0 Å². The molecule has 1 aromatic carbocycles. The SMILES string of the molecule is Nc1ncc(-c2ccc(C(=O)Nc3cc(C(F)(F)F)ccc3F)s2)cn1. The number of halogens is 4. The number of rotatable bonds is 3. The van der Waals surface area contributed by atoms with E-state index in [9.17, 15) is 22.4 Å². The predicted molar refractivity (Wildman–Crippen MR) is 89.1 cm³/mol. The molecule has 26 heavy (non-hydrogen) atoms. The summed E-state index contributed by atoms with van der Waals surface area (Å²) in [5, 5.41) is 2.16. The lowest BCUT2D eigenvalue weighted by atomic mass is 10.2. The molecule has 0 atom stereocenters. The van der Waals surface area contributed by atoms with Gasteiger partial charge in [0, 0.05) is 22.8 Å². The van der Waals surface area contributed by atoms with Crippen LogP contribution < -0.4 is 11.1 Å². The maximum atomic E-state index is 13.7. The molecule has 0 spiro atoms. The Morgan fingerprint density at radius 3 is 2.46 bits per heavy atom. The molecule has 0 aliphatic rings. The first kappa shape index (κ1) is 17.8. The Labute approximate surface area is 148 Å². The Morgan fingerprint density at radius 1 is 1.12 bits per heavy atom. The maximum absolute atomic E-state index is 13.7. The van der Waals surface area contributed by atoms with Gasteiger partial charge in [0.1, 0.15) is 5.82 Å². The number of nitrogens with zero attached hydrogens (tertiary/aromatic N) is 2. The first-order valence-corrected chi connectivity index (χ1v) is 7.91. The van der Waals surface area contributed by atoms with Crippen LogP contribution in [-0.2, 0) is 6.18 Å². The van der Waals surface area contributed by atoms with Gasteiger partial charge in [-0.25, -0.2) is 14.4 Å². The maximum Gasteiger partial charge on any atom is 0.416 e. The molecule has 3 rings (SSSR count). The van der Waals surface area contributed by atoms with Crippen molar-refractivity contribution in [3.05, 3.63) is 59.0 Å². The van der Waals surface area contributed by atoms with Crippen LogP contribution in [0.4, 0.5) is 29.2 Å². The summed E-state index contributed by atoms with van der Waals surface area (Å²) in [6.07, 6.45) is -1.69. The number of nitrogens with two attached hydrogens (primary N) is 1. The Morgan fingerprint density at radius 2 is 1.81 bits per heavy atom. The first-order valence-electron chi connectivity index (χ1n) is 7.10. The number of carbonyl (C=O) groups excluding carboxylic acids is 1. The number of amides is 1. The van der Waals surface area contributed by atoms with Crippen molar-refractivity contribution in [3.8, 4) is 10.4 Å². The van der Waals surface area contributed by atoms with Gasteiger partial charge in [-0.1, -0.05) is 0 Å². The summed E-state index contributed by atoms with van der Waals surface area (Å²) in [4.78, 5) is 20.7. The van der Waals surface area contributed by atoms with Gasteiger partial charge in [0.25, 0.3) is 5.91 Å². The zero-order valence-corrected chi connectivity index (χ0v) is 13.7. The second-order valence-corrected chi connectivity index (χ2v) is 6.22. The number of nitrogens with one attached hydrogen (secondary N) is 1. The fourth-order valence-corrected chi connectivity index (χ4v) is 2.94. The van der Waals surface area contributed by atoms with Gasteiger partial charge in [-0.05, 0) is 30.3 Å². The van der Waals surface area contributed by atoms with Crippen LogP contribution in [0, 0.1) is 5.82 Å². The minimum Gasteiger partial charge on any atom is -0.368 e. The molecule has 0 aliphatic carbocycles. The number of alkyl halides is 3. The average Bonchev–Trinajstić information content (AvgIpc) is 3.06. The van der Waals surface area contributed by atoms with Crippen LogP contribution in [-0.4, -0.2) is 15.9 Å². The molecule has 3 N–H and O–H groups in total.